The lowest BCUT2D eigenvalue weighted by Crippen LogP contribution is -2.00. The van der Waals surface area contributed by atoms with Gasteiger partial charge < -0.3 is 4.57 Å². The number of benzene rings is 7. The molecule has 7 aromatic carbocycles. The van der Waals surface area contributed by atoms with E-state index in [-0.39, 0.29) is 0 Å². The molecule has 3 aromatic heterocycles. The first-order valence-corrected chi connectivity index (χ1v) is 17.3. The fraction of sp³-hybridized carbons (Fsp3) is 0. The number of aromatic nitrogens is 6. The van der Waals surface area contributed by atoms with Crippen LogP contribution in [0.1, 0.15) is 0 Å². The maximum atomic E-state index is 4.98. The van der Waals surface area contributed by atoms with Gasteiger partial charge >= 0.3 is 0 Å². The number of nitrogens with zero attached hydrogens (tertiary/aromatic N) is 6. The summed E-state index contributed by atoms with van der Waals surface area (Å²) >= 11 is 0. The number of para-hydroxylation sites is 2. The fourth-order valence-corrected chi connectivity index (χ4v) is 7.19. The van der Waals surface area contributed by atoms with Crippen molar-refractivity contribution in [3.05, 3.63) is 182 Å². The largest absolute Gasteiger partial charge is 0.307 e. The molecule has 0 aliphatic carbocycles. The lowest BCUT2D eigenvalue weighted by molar-refractivity contribution is 0.911. The van der Waals surface area contributed by atoms with Crippen LogP contribution in [0, 0.1) is 0 Å². The van der Waals surface area contributed by atoms with Crippen molar-refractivity contribution in [3.8, 4) is 56.7 Å². The van der Waals surface area contributed by atoms with Gasteiger partial charge in [0.25, 0.3) is 0 Å². The maximum Gasteiger partial charge on any atom is 0.164 e. The molecule has 0 saturated heterocycles. The Balaban J connectivity index is 1.14. The van der Waals surface area contributed by atoms with Crippen molar-refractivity contribution in [3.63, 3.8) is 0 Å². The topological polar surface area (TPSA) is 61.4 Å². The minimum absolute atomic E-state index is 0.629. The molecule has 0 aliphatic rings. The molecule has 0 radical (unpaired) electrons. The molecule has 0 unspecified atom stereocenters. The summed E-state index contributed by atoms with van der Waals surface area (Å²) in [6.45, 7) is 0. The van der Waals surface area contributed by atoms with Gasteiger partial charge in [-0.25, -0.2) is 19.6 Å². The highest BCUT2D eigenvalue weighted by molar-refractivity contribution is 6.18. The quantitative estimate of drug-likeness (QED) is 0.177. The normalized spacial score (nSPS) is 11.5. The zero-order valence-electron chi connectivity index (χ0n) is 28.0. The van der Waals surface area contributed by atoms with Gasteiger partial charge in [-0.05, 0) is 47.5 Å². The Bertz CT molecular complexity index is 2830. The molecule has 0 aliphatic heterocycles. The number of hydrogen-bond acceptors (Lipinski definition) is 4. The molecule has 52 heavy (non-hydrogen) atoms. The van der Waals surface area contributed by atoms with E-state index in [2.05, 4.69) is 118 Å². The first-order chi connectivity index (χ1) is 25.8. The van der Waals surface area contributed by atoms with Gasteiger partial charge in [0.2, 0.25) is 0 Å². The van der Waals surface area contributed by atoms with E-state index in [1.807, 2.05) is 72.9 Å². The second kappa shape index (κ2) is 12.3. The smallest absolute Gasteiger partial charge is 0.164 e. The van der Waals surface area contributed by atoms with Gasteiger partial charge in [0.15, 0.2) is 17.5 Å². The van der Waals surface area contributed by atoms with Gasteiger partial charge in [0, 0.05) is 38.5 Å². The summed E-state index contributed by atoms with van der Waals surface area (Å²) in [5.41, 5.74) is 10.4. The molecule has 3 heterocycles. The zero-order valence-corrected chi connectivity index (χ0v) is 28.0. The highest BCUT2D eigenvalue weighted by Crippen LogP contribution is 2.38. The minimum Gasteiger partial charge on any atom is -0.307 e. The first-order valence-electron chi connectivity index (χ1n) is 17.3. The Kier molecular flexibility index (Phi) is 7.03. The van der Waals surface area contributed by atoms with E-state index in [9.17, 15) is 0 Å². The van der Waals surface area contributed by atoms with E-state index in [0.29, 0.717) is 17.5 Å². The van der Waals surface area contributed by atoms with Crippen LogP contribution in [0.15, 0.2) is 182 Å². The van der Waals surface area contributed by atoms with Gasteiger partial charge in [-0.3, -0.25) is 0 Å². The van der Waals surface area contributed by atoms with Crippen LogP contribution in [0.5, 0.6) is 0 Å². The molecule has 10 rings (SSSR count). The molecule has 0 bridgehead atoms. The summed E-state index contributed by atoms with van der Waals surface area (Å²) in [5, 5.41) is 8.34. The van der Waals surface area contributed by atoms with E-state index in [1.165, 1.54) is 10.8 Å². The molecule has 6 nitrogen and oxygen atoms in total. The summed E-state index contributed by atoms with van der Waals surface area (Å²) in [6, 6.07) is 60.8. The molecule has 0 amide bonds. The summed E-state index contributed by atoms with van der Waals surface area (Å²) in [5.74, 6) is 1.92. The Morgan fingerprint density at radius 3 is 1.62 bits per heavy atom. The standard InChI is InChI=1S/C46H30N6/c1-4-14-31(15-5-1)44-48-45(32-16-6-2-7-17-32)50-46(49-44)35-20-12-18-33(28-35)34-19-13-23-38(29-34)51-41-25-11-10-24-39(41)40-27-26-36-30-47-52(42(36)43(40)51)37-21-8-3-9-22-37/h1-30H. The molecule has 0 saturated carbocycles. The summed E-state index contributed by atoms with van der Waals surface area (Å²) < 4.78 is 4.44. The van der Waals surface area contributed by atoms with Crippen LogP contribution >= 0.6 is 0 Å². The summed E-state index contributed by atoms with van der Waals surface area (Å²) in [7, 11) is 0. The molecule has 0 fully saturated rings. The van der Waals surface area contributed by atoms with Crippen molar-refractivity contribution in [1.82, 2.24) is 29.3 Å². The van der Waals surface area contributed by atoms with Crippen LogP contribution < -0.4 is 0 Å². The predicted molar refractivity (Wildman–Crippen MR) is 211 cm³/mol. The second-order valence-electron chi connectivity index (χ2n) is 12.8. The Hall–Kier alpha value is -7.18. The molecular weight excluding hydrogens is 637 g/mol. The van der Waals surface area contributed by atoms with Crippen molar-refractivity contribution in [2.75, 3.05) is 0 Å². The monoisotopic (exact) mass is 666 g/mol. The van der Waals surface area contributed by atoms with Crippen molar-refractivity contribution in [2.24, 2.45) is 0 Å². The number of fused-ring (bicyclic) bond motifs is 5. The molecule has 10 aromatic rings. The van der Waals surface area contributed by atoms with Crippen molar-refractivity contribution in [1.29, 1.82) is 0 Å². The van der Waals surface area contributed by atoms with Crippen molar-refractivity contribution < 1.29 is 0 Å². The van der Waals surface area contributed by atoms with E-state index < -0.39 is 0 Å². The van der Waals surface area contributed by atoms with E-state index in [0.717, 1.165) is 61.1 Å². The number of hydrogen-bond donors (Lipinski definition) is 0. The van der Waals surface area contributed by atoms with Gasteiger partial charge in [-0.2, -0.15) is 5.10 Å². The van der Waals surface area contributed by atoms with Crippen LogP contribution in [0.2, 0.25) is 0 Å². The SMILES string of the molecule is c1ccc(-c2nc(-c3ccccc3)nc(-c3cccc(-c4cccc(-n5c6ccccc6c6ccc7cnn(-c8ccccc8)c7c65)c4)c3)n2)cc1. The maximum absolute atomic E-state index is 4.98. The summed E-state index contributed by atoms with van der Waals surface area (Å²) in [4.78, 5) is 14.8. The third-order valence-corrected chi connectivity index (χ3v) is 9.62. The lowest BCUT2D eigenvalue weighted by atomic mass is 10.0. The Morgan fingerprint density at radius 2 is 0.904 bits per heavy atom. The van der Waals surface area contributed by atoms with Gasteiger partial charge in [0.1, 0.15) is 0 Å². The van der Waals surface area contributed by atoms with Crippen LogP contribution in [0.25, 0.3) is 89.4 Å². The first kappa shape index (κ1) is 29.7. The third-order valence-electron chi connectivity index (χ3n) is 9.62. The van der Waals surface area contributed by atoms with E-state index in [4.69, 9.17) is 20.1 Å². The second-order valence-corrected chi connectivity index (χ2v) is 12.8. The fourth-order valence-electron chi connectivity index (χ4n) is 7.19. The average molecular weight is 667 g/mol. The van der Waals surface area contributed by atoms with Crippen LogP contribution in [-0.2, 0) is 0 Å². The van der Waals surface area contributed by atoms with Gasteiger partial charge in [0.05, 0.1) is 28.4 Å². The molecule has 6 heteroatoms. The third kappa shape index (κ3) is 5.05. The van der Waals surface area contributed by atoms with Crippen LogP contribution in [0.3, 0.4) is 0 Å². The molecular formula is C46H30N6. The Labute approximate surface area is 300 Å². The van der Waals surface area contributed by atoms with Crippen LogP contribution in [0.4, 0.5) is 0 Å². The summed E-state index contributed by atoms with van der Waals surface area (Å²) in [6.07, 6.45) is 1.96. The van der Waals surface area contributed by atoms with Crippen molar-refractivity contribution in [2.45, 2.75) is 0 Å². The molecule has 0 spiro atoms. The van der Waals surface area contributed by atoms with Crippen LogP contribution in [-0.4, -0.2) is 29.3 Å². The highest BCUT2D eigenvalue weighted by Gasteiger charge is 2.19. The average Bonchev–Trinajstić information content (AvgIpc) is 3.81. The molecule has 244 valence electrons. The lowest BCUT2D eigenvalue weighted by Gasteiger charge is -2.13. The highest BCUT2D eigenvalue weighted by atomic mass is 15.3. The van der Waals surface area contributed by atoms with Crippen molar-refractivity contribution >= 4 is 32.7 Å². The minimum atomic E-state index is 0.629. The van der Waals surface area contributed by atoms with E-state index in [1.54, 1.807) is 0 Å². The van der Waals surface area contributed by atoms with E-state index >= 15 is 0 Å². The Morgan fingerprint density at radius 1 is 0.365 bits per heavy atom. The van der Waals surface area contributed by atoms with Gasteiger partial charge in [-0.1, -0.05) is 140 Å². The predicted octanol–water partition coefficient (Wildman–Crippen LogP) is 11.0. The molecule has 0 N–H and O–H groups in total. The number of rotatable bonds is 6. The van der Waals surface area contributed by atoms with Gasteiger partial charge in [-0.15, -0.1) is 0 Å². The zero-order chi connectivity index (χ0) is 34.4. The molecule has 0 atom stereocenters.